The van der Waals surface area contributed by atoms with Gasteiger partial charge in [-0.05, 0) is 41.0 Å². The van der Waals surface area contributed by atoms with E-state index in [-0.39, 0.29) is 56.7 Å². The van der Waals surface area contributed by atoms with Crippen LogP contribution in [0.5, 0.6) is 5.75 Å². The van der Waals surface area contributed by atoms with Crippen LogP contribution < -0.4 is 9.84 Å². The smallest absolute Gasteiger partial charge is 0.404 e. The molecule has 2 aliphatic heterocycles. The molecule has 250 valence electrons. The summed E-state index contributed by atoms with van der Waals surface area (Å²) in [6.45, 7) is 4.38. The van der Waals surface area contributed by atoms with Gasteiger partial charge in [0.2, 0.25) is 11.8 Å². The summed E-state index contributed by atoms with van der Waals surface area (Å²) in [7, 11) is -3.04. The van der Waals surface area contributed by atoms with Gasteiger partial charge < -0.3 is 19.6 Å². The third kappa shape index (κ3) is 7.24. The van der Waals surface area contributed by atoms with Crippen molar-refractivity contribution in [2.24, 2.45) is 7.05 Å². The van der Waals surface area contributed by atoms with Gasteiger partial charge in [-0.1, -0.05) is 54.6 Å². The number of hydrogen-bond donors (Lipinski definition) is 3. The molecule has 3 aromatic carbocycles. The van der Waals surface area contributed by atoms with Crippen LogP contribution in [0, 0.1) is 0 Å². The van der Waals surface area contributed by atoms with Crippen molar-refractivity contribution in [2.45, 2.75) is 31.7 Å². The third-order valence-electron chi connectivity index (χ3n) is 8.16. The highest BCUT2D eigenvalue weighted by Gasteiger charge is 2.51. The van der Waals surface area contributed by atoms with Crippen molar-refractivity contribution < 1.29 is 33.3 Å². The number of nitrogens with one attached hydrogen (secondary N) is 1. The summed E-state index contributed by atoms with van der Waals surface area (Å²) in [6, 6.07) is 19.5. The SMILES string of the molecule is C=CCN1CC(=O)N2C(Cc3ccc(OP(=O)(O)O)cc3)C(=O)N(Cc3ccc4nn(C)nc4c3)CC2N1C(=O)NCc1ccccc1. The lowest BCUT2D eigenvalue weighted by molar-refractivity contribution is -0.189. The molecule has 2 saturated heterocycles. The molecular formula is C32H35N8O7P. The molecule has 1 aromatic heterocycles. The molecule has 0 aliphatic carbocycles. The number of phosphoric ester groups is 1. The standard InChI is InChI=1S/C32H35N8O7P/c1-3-15-38-21-30(41)39-28(17-22-9-12-25(13-10-22)47-48(44,45)46)31(42)37(19-24-11-14-26-27(16-24)35-36(2)34-26)20-29(39)40(38)32(43)33-18-23-7-5-4-6-8-23/h3-14,16,28-29H,1,15,17-21H2,2H3,(H,33,43)(H2,44,45,46). The lowest BCUT2D eigenvalue weighted by Crippen LogP contribution is -2.76. The molecule has 15 nitrogen and oxygen atoms in total. The molecule has 4 aromatic rings. The van der Waals surface area contributed by atoms with Crippen LogP contribution in [0.3, 0.4) is 0 Å². The lowest BCUT2D eigenvalue weighted by atomic mass is 9.98. The molecule has 0 saturated carbocycles. The van der Waals surface area contributed by atoms with Gasteiger partial charge in [0.15, 0.2) is 0 Å². The van der Waals surface area contributed by atoms with Gasteiger partial charge in [0, 0.05) is 33.1 Å². The molecule has 3 N–H and O–H groups in total. The molecule has 48 heavy (non-hydrogen) atoms. The number of carbonyl (C=O) groups is 3. The summed E-state index contributed by atoms with van der Waals surface area (Å²) >= 11 is 0. The Kier molecular flexibility index (Phi) is 9.29. The zero-order valence-corrected chi connectivity index (χ0v) is 27.0. The Morgan fingerprint density at radius 2 is 1.73 bits per heavy atom. The number of nitrogens with zero attached hydrogens (tertiary/aromatic N) is 7. The second-order valence-electron chi connectivity index (χ2n) is 11.6. The van der Waals surface area contributed by atoms with E-state index >= 15 is 0 Å². The van der Waals surface area contributed by atoms with E-state index in [1.807, 2.05) is 48.5 Å². The van der Waals surface area contributed by atoms with Gasteiger partial charge in [-0.2, -0.15) is 15.0 Å². The van der Waals surface area contributed by atoms with Gasteiger partial charge in [-0.25, -0.2) is 19.4 Å². The number of urea groups is 1. The number of aromatic nitrogens is 3. The van der Waals surface area contributed by atoms with E-state index in [4.69, 9.17) is 0 Å². The number of aryl methyl sites for hydroxylation is 1. The van der Waals surface area contributed by atoms with Crippen molar-refractivity contribution in [2.75, 3.05) is 19.6 Å². The molecule has 16 heteroatoms. The highest BCUT2D eigenvalue weighted by atomic mass is 31.2. The Morgan fingerprint density at radius 1 is 1.02 bits per heavy atom. The fourth-order valence-electron chi connectivity index (χ4n) is 6.13. The van der Waals surface area contributed by atoms with Gasteiger partial charge in [-0.3, -0.25) is 19.4 Å². The topological polar surface area (TPSA) is 174 Å². The van der Waals surface area contributed by atoms with Crippen LogP contribution in [0.25, 0.3) is 11.0 Å². The number of carbonyl (C=O) groups excluding carboxylic acids is 3. The number of benzene rings is 3. The minimum atomic E-state index is -4.76. The minimum absolute atomic E-state index is 0.0427. The second-order valence-corrected chi connectivity index (χ2v) is 12.7. The lowest BCUT2D eigenvalue weighted by Gasteiger charge is -2.55. The fraction of sp³-hybridized carbons (Fsp3) is 0.281. The highest BCUT2D eigenvalue weighted by molar-refractivity contribution is 7.46. The van der Waals surface area contributed by atoms with E-state index in [1.54, 1.807) is 35.2 Å². The summed E-state index contributed by atoms with van der Waals surface area (Å²) in [5.74, 6) is -0.679. The number of fused-ring (bicyclic) bond motifs is 2. The van der Waals surface area contributed by atoms with E-state index < -0.39 is 26.1 Å². The molecule has 0 spiro atoms. The van der Waals surface area contributed by atoms with Gasteiger partial charge in [-0.15, -0.1) is 6.58 Å². The number of rotatable bonds is 10. The largest absolute Gasteiger partial charge is 0.524 e. The van der Waals surface area contributed by atoms with Crippen LogP contribution in [-0.4, -0.2) is 94.3 Å². The van der Waals surface area contributed by atoms with E-state index in [0.29, 0.717) is 16.6 Å². The first-order valence-electron chi connectivity index (χ1n) is 15.2. The van der Waals surface area contributed by atoms with E-state index in [2.05, 4.69) is 26.6 Å². The molecule has 3 heterocycles. The fourth-order valence-corrected chi connectivity index (χ4v) is 6.53. The zero-order valence-electron chi connectivity index (χ0n) is 26.1. The maximum absolute atomic E-state index is 14.3. The molecule has 2 atom stereocenters. The molecule has 0 radical (unpaired) electrons. The Balaban J connectivity index is 1.34. The van der Waals surface area contributed by atoms with Crippen LogP contribution in [0.15, 0.2) is 85.5 Å². The van der Waals surface area contributed by atoms with Crippen molar-refractivity contribution in [1.82, 2.24) is 40.1 Å². The summed E-state index contributed by atoms with van der Waals surface area (Å²) in [5.41, 5.74) is 3.69. The summed E-state index contributed by atoms with van der Waals surface area (Å²) in [4.78, 5) is 65.0. The minimum Gasteiger partial charge on any atom is -0.404 e. The Labute approximate surface area is 276 Å². The number of phosphoric acid groups is 1. The van der Waals surface area contributed by atoms with Crippen molar-refractivity contribution in [1.29, 1.82) is 0 Å². The van der Waals surface area contributed by atoms with E-state index in [1.165, 1.54) is 26.8 Å². The summed E-state index contributed by atoms with van der Waals surface area (Å²) in [6.07, 6.45) is 0.848. The van der Waals surface area contributed by atoms with Gasteiger partial charge in [0.1, 0.15) is 29.0 Å². The normalized spacial score (nSPS) is 18.6. The third-order valence-corrected chi connectivity index (χ3v) is 8.61. The van der Waals surface area contributed by atoms with Crippen LogP contribution in [0.4, 0.5) is 4.79 Å². The summed E-state index contributed by atoms with van der Waals surface area (Å²) in [5, 5.41) is 14.8. The molecule has 2 aliphatic rings. The number of hydrazine groups is 1. The number of hydrogen-bond acceptors (Lipinski definition) is 8. The monoisotopic (exact) mass is 674 g/mol. The molecule has 2 unspecified atom stereocenters. The average Bonchev–Trinajstić information content (AvgIpc) is 3.42. The Bertz CT molecular complexity index is 1880. The first kappa shape index (κ1) is 32.8. The maximum atomic E-state index is 14.3. The zero-order chi connectivity index (χ0) is 34.0. The van der Waals surface area contributed by atoms with Crippen LogP contribution in [-0.2, 0) is 40.7 Å². The Morgan fingerprint density at radius 3 is 2.44 bits per heavy atom. The predicted octanol–water partition coefficient (Wildman–Crippen LogP) is 2.18. The average molecular weight is 675 g/mol. The van der Waals surface area contributed by atoms with Gasteiger partial charge >= 0.3 is 13.9 Å². The Hall–Kier alpha value is -5.08. The second kappa shape index (κ2) is 13.6. The number of piperazine rings is 1. The van der Waals surface area contributed by atoms with Crippen LogP contribution in [0.1, 0.15) is 16.7 Å². The van der Waals surface area contributed by atoms with Crippen LogP contribution in [0.2, 0.25) is 0 Å². The predicted molar refractivity (Wildman–Crippen MR) is 173 cm³/mol. The van der Waals surface area contributed by atoms with Gasteiger partial charge in [0.25, 0.3) is 0 Å². The van der Waals surface area contributed by atoms with Crippen molar-refractivity contribution in [3.05, 3.63) is 102 Å². The molecule has 4 amide bonds. The van der Waals surface area contributed by atoms with E-state index in [0.717, 1.165) is 11.1 Å². The quantitative estimate of drug-likeness (QED) is 0.167. The maximum Gasteiger partial charge on any atom is 0.524 e. The first-order chi connectivity index (χ1) is 23.0. The van der Waals surface area contributed by atoms with Gasteiger partial charge in [0.05, 0.1) is 13.1 Å². The molecular weight excluding hydrogens is 639 g/mol. The first-order valence-corrected chi connectivity index (χ1v) is 16.7. The van der Waals surface area contributed by atoms with Crippen molar-refractivity contribution in [3.8, 4) is 5.75 Å². The van der Waals surface area contributed by atoms with Crippen molar-refractivity contribution >= 4 is 36.7 Å². The van der Waals surface area contributed by atoms with Crippen LogP contribution >= 0.6 is 7.82 Å². The molecule has 6 rings (SSSR count). The van der Waals surface area contributed by atoms with E-state index in [9.17, 15) is 28.7 Å². The highest BCUT2D eigenvalue weighted by Crippen LogP contribution is 2.37. The molecule has 2 fully saturated rings. The van der Waals surface area contributed by atoms with Crippen molar-refractivity contribution in [3.63, 3.8) is 0 Å². The number of amides is 4. The molecule has 0 bridgehead atoms. The summed E-state index contributed by atoms with van der Waals surface area (Å²) < 4.78 is 16.0.